The van der Waals surface area contributed by atoms with E-state index in [1.54, 1.807) is 6.08 Å². The van der Waals surface area contributed by atoms with Crippen molar-refractivity contribution in [3.63, 3.8) is 0 Å². The van der Waals surface area contributed by atoms with E-state index in [0.29, 0.717) is 22.1 Å². The van der Waals surface area contributed by atoms with Crippen LogP contribution in [0.3, 0.4) is 0 Å². The summed E-state index contributed by atoms with van der Waals surface area (Å²) in [5, 5.41) is 19.9. The van der Waals surface area contributed by atoms with Gasteiger partial charge >= 0.3 is 0 Å². The summed E-state index contributed by atoms with van der Waals surface area (Å²) < 4.78 is 0.345. The number of nitrogens with zero attached hydrogens (tertiary/aromatic N) is 1. The molecular weight excluding hydrogens is 260 g/mol. The average Bonchev–Trinajstić information content (AvgIpc) is 2.52. The Bertz CT molecular complexity index is 386. The monoisotopic (exact) mass is 274 g/mol. The van der Waals surface area contributed by atoms with E-state index in [9.17, 15) is 15.0 Å². The van der Waals surface area contributed by atoms with E-state index in [0.717, 1.165) is 11.4 Å². The Morgan fingerprint density at radius 2 is 2.12 bits per heavy atom. The summed E-state index contributed by atoms with van der Waals surface area (Å²) in [5.74, 6) is 5.26. The predicted octanol–water partition coefficient (Wildman–Crippen LogP) is 0.126. The molecule has 1 saturated heterocycles. The lowest BCUT2D eigenvalue weighted by atomic mass is 9.85. The van der Waals surface area contributed by atoms with E-state index in [1.165, 1.54) is 11.8 Å². The molecule has 1 aliphatic carbocycles. The molecule has 1 saturated carbocycles. The maximum atomic E-state index is 11.6. The summed E-state index contributed by atoms with van der Waals surface area (Å²) in [4.78, 5) is 12.2. The van der Waals surface area contributed by atoms with E-state index in [-0.39, 0.29) is 11.8 Å². The summed E-state index contributed by atoms with van der Waals surface area (Å²) in [6.45, 7) is 0. The average molecular weight is 274 g/mol. The fourth-order valence-electron chi connectivity index (χ4n) is 2.02. The van der Waals surface area contributed by atoms with Crippen LogP contribution in [0.25, 0.3) is 0 Å². The Kier molecular flexibility index (Phi) is 3.84. The molecule has 1 amide bonds. The minimum atomic E-state index is -0.715. The molecule has 1 aliphatic heterocycles. The first-order chi connectivity index (χ1) is 7.99. The second kappa shape index (κ2) is 5.03. The summed E-state index contributed by atoms with van der Waals surface area (Å²) in [7, 11) is 0. The number of allylic oxidation sites excluding steroid dienone is 1. The molecule has 3 unspecified atom stereocenters. The first-order valence-electron chi connectivity index (χ1n) is 5.38. The van der Waals surface area contributed by atoms with Crippen molar-refractivity contribution in [3.8, 4) is 0 Å². The van der Waals surface area contributed by atoms with Crippen LogP contribution >= 0.6 is 24.0 Å². The van der Waals surface area contributed by atoms with Gasteiger partial charge in [-0.1, -0.05) is 30.1 Å². The number of hydrazine groups is 1. The highest BCUT2D eigenvalue weighted by Crippen LogP contribution is 2.33. The Morgan fingerprint density at radius 1 is 1.41 bits per heavy atom. The number of carbonyl (C=O) groups is 1. The van der Waals surface area contributed by atoms with Gasteiger partial charge in [0.05, 0.1) is 17.1 Å². The number of thiocarbonyl (C=S) groups is 1. The van der Waals surface area contributed by atoms with Gasteiger partial charge in [-0.25, -0.2) is 10.9 Å². The van der Waals surface area contributed by atoms with Crippen molar-refractivity contribution in [1.29, 1.82) is 0 Å². The van der Waals surface area contributed by atoms with Crippen LogP contribution in [0.1, 0.15) is 19.3 Å². The summed E-state index contributed by atoms with van der Waals surface area (Å²) >= 11 is 6.10. The van der Waals surface area contributed by atoms with Crippen molar-refractivity contribution in [3.05, 3.63) is 11.0 Å². The lowest BCUT2D eigenvalue weighted by Gasteiger charge is -2.28. The van der Waals surface area contributed by atoms with E-state index in [2.05, 4.69) is 0 Å². The lowest BCUT2D eigenvalue weighted by molar-refractivity contribution is -0.122. The molecule has 7 heteroatoms. The van der Waals surface area contributed by atoms with Crippen LogP contribution in [0.15, 0.2) is 11.0 Å². The SMILES string of the molecule is NN1C(=O)/C(=C/C2CCC(O)C(O)C2)SC1=S. The molecule has 1 heterocycles. The van der Waals surface area contributed by atoms with Crippen LogP contribution in [0, 0.1) is 5.92 Å². The molecule has 0 radical (unpaired) electrons. The van der Waals surface area contributed by atoms with E-state index in [4.69, 9.17) is 18.1 Å². The van der Waals surface area contributed by atoms with Crippen LogP contribution in [0.2, 0.25) is 0 Å². The van der Waals surface area contributed by atoms with Crippen LogP contribution < -0.4 is 5.84 Å². The van der Waals surface area contributed by atoms with Crippen molar-refractivity contribution in [2.24, 2.45) is 11.8 Å². The van der Waals surface area contributed by atoms with Gasteiger partial charge in [0.1, 0.15) is 0 Å². The molecule has 2 rings (SSSR count). The highest BCUT2D eigenvalue weighted by molar-refractivity contribution is 8.26. The van der Waals surface area contributed by atoms with Gasteiger partial charge in [0, 0.05) is 0 Å². The zero-order valence-electron chi connectivity index (χ0n) is 9.07. The molecular formula is C10H14N2O3S2. The molecule has 0 aromatic heterocycles. The zero-order chi connectivity index (χ0) is 12.6. The number of hydrogen-bond acceptors (Lipinski definition) is 6. The van der Waals surface area contributed by atoms with Crippen LogP contribution in [-0.4, -0.2) is 37.7 Å². The fourth-order valence-corrected chi connectivity index (χ4v) is 3.19. The Labute approximate surface area is 109 Å². The van der Waals surface area contributed by atoms with Crippen molar-refractivity contribution in [1.82, 2.24) is 5.01 Å². The van der Waals surface area contributed by atoms with Gasteiger partial charge in [0.25, 0.3) is 5.91 Å². The minimum absolute atomic E-state index is 0.0918. The molecule has 0 aromatic rings. The number of hydrogen-bond donors (Lipinski definition) is 3. The van der Waals surface area contributed by atoms with Crippen molar-refractivity contribution in [2.75, 3.05) is 0 Å². The van der Waals surface area contributed by atoms with Gasteiger partial charge in [-0.2, -0.15) is 0 Å². The van der Waals surface area contributed by atoms with Crippen LogP contribution in [0.5, 0.6) is 0 Å². The number of rotatable bonds is 1. The van der Waals surface area contributed by atoms with Crippen molar-refractivity contribution < 1.29 is 15.0 Å². The molecule has 3 atom stereocenters. The second-order valence-corrected chi connectivity index (χ2v) is 5.96. The standard InChI is InChI=1S/C10H14N2O3S2/c11-12-9(15)8(17-10(12)16)4-5-1-2-6(13)7(14)3-5/h4-7,13-14H,1-3,11H2/b8-4-. The number of thioether (sulfide) groups is 1. The zero-order valence-corrected chi connectivity index (χ0v) is 10.7. The molecule has 4 N–H and O–H groups in total. The molecule has 0 spiro atoms. The normalized spacial score (nSPS) is 37.0. The minimum Gasteiger partial charge on any atom is -0.390 e. The van der Waals surface area contributed by atoms with Gasteiger partial charge in [-0.15, -0.1) is 0 Å². The quantitative estimate of drug-likeness (QED) is 0.273. The van der Waals surface area contributed by atoms with E-state index in [1.807, 2.05) is 0 Å². The van der Waals surface area contributed by atoms with Gasteiger partial charge < -0.3 is 10.2 Å². The Morgan fingerprint density at radius 3 is 2.65 bits per heavy atom. The first kappa shape index (κ1) is 13.0. The fraction of sp³-hybridized carbons (Fsp3) is 0.600. The molecule has 5 nitrogen and oxygen atoms in total. The highest BCUT2D eigenvalue weighted by atomic mass is 32.2. The molecule has 2 aliphatic rings. The van der Waals surface area contributed by atoms with Gasteiger partial charge in [-0.05, 0) is 25.2 Å². The number of carbonyl (C=O) groups excluding carboxylic acids is 1. The first-order valence-corrected chi connectivity index (χ1v) is 6.60. The molecule has 2 fully saturated rings. The second-order valence-electron chi connectivity index (χ2n) is 4.28. The Balaban J connectivity index is 2.06. The van der Waals surface area contributed by atoms with Gasteiger partial charge in [0.2, 0.25) is 0 Å². The Hall–Kier alpha value is -0.470. The van der Waals surface area contributed by atoms with E-state index < -0.39 is 12.2 Å². The smallest absolute Gasteiger partial charge is 0.280 e. The number of nitrogens with two attached hydrogens (primary N) is 1. The summed E-state index contributed by atoms with van der Waals surface area (Å²) in [6, 6.07) is 0. The van der Waals surface area contributed by atoms with Gasteiger partial charge in [0.15, 0.2) is 4.32 Å². The number of aliphatic hydroxyl groups is 2. The van der Waals surface area contributed by atoms with Crippen molar-refractivity contribution >= 4 is 34.2 Å². The topological polar surface area (TPSA) is 86.8 Å². The van der Waals surface area contributed by atoms with Gasteiger partial charge in [-0.3, -0.25) is 4.79 Å². The van der Waals surface area contributed by atoms with E-state index >= 15 is 0 Å². The lowest BCUT2D eigenvalue weighted by Crippen LogP contribution is -2.35. The third-order valence-electron chi connectivity index (χ3n) is 3.03. The largest absolute Gasteiger partial charge is 0.390 e. The predicted molar refractivity (Wildman–Crippen MR) is 68.7 cm³/mol. The molecule has 94 valence electrons. The van der Waals surface area contributed by atoms with Crippen LogP contribution in [-0.2, 0) is 4.79 Å². The maximum Gasteiger partial charge on any atom is 0.280 e. The summed E-state index contributed by atoms with van der Waals surface area (Å²) in [5.41, 5.74) is 0. The van der Waals surface area contributed by atoms with Crippen LogP contribution in [0.4, 0.5) is 0 Å². The third kappa shape index (κ3) is 2.69. The van der Waals surface area contributed by atoms with Crippen molar-refractivity contribution in [2.45, 2.75) is 31.5 Å². The highest BCUT2D eigenvalue weighted by Gasteiger charge is 2.32. The molecule has 0 aromatic carbocycles. The maximum absolute atomic E-state index is 11.6. The molecule has 17 heavy (non-hydrogen) atoms. The third-order valence-corrected chi connectivity index (χ3v) is 4.38. The molecule has 0 bridgehead atoms. The number of amides is 1. The number of aliphatic hydroxyl groups excluding tert-OH is 2. The summed E-state index contributed by atoms with van der Waals surface area (Å²) in [6.07, 6.45) is 2.21.